The lowest BCUT2D eigenvalue weighted by atomic mass is 10.0. The van der Waals surface area contributed by atoms with E-state index in [0.29, 0.717) is 56.8 Å². The summed E-state index contributed by atoms with van der Waals surface area (Å²) in [5.74, 6) is 1.67. The van der Waals surface area contributed by atoms with Gasteiger partial charge < -0.3 is 14.2 Å². The maximum Gasteiger partial charge on any atom is 0.227 e. The van der Waals surface area contributed by atoms with Crippen LogP contribution >= 0.6 is 0 Å². The maximum absolute atomic E-state index is 12.1. The molecule has 3 rings (SSSR count). The Hall–Kier alpha value is -2.21. The number of aryl methyl sites for hydroxylation is 1. The molecule has 1 aromatic heterocycles. The van der Waals surface area contributed by atoms with Gasteiger partial charge in [0.2, 0.25) is 17.6 Å². The second-order valence-corrected chi connectivity index (χ2v) is 6.28. The lowest BCUT2D eigenvalue weighted by molar-refractivity contribution is -0.135. The molecule has 6 heteroatoms. The maximum atomic E-state index is 12.1. The van der Waals surface area contributed by atoms with E-state index in [0.717, 1.165) is 5.56 Å². The summed E-state index contributed by atoms with van der Waals surface area (Å²) in [6.07, 6.45) is 0.848. The second kappa shape index (κ2) is 7.57. The van der Waals surface area contributed by atoms with E-state index in [1.54, 1.807) is 0 Å². The highest BCUT2D eigenvalue weighted by atomic mass is 16.5. The minimum atomic E-state index is 0.110. The zero-order valence-electron chi connectivity index (χ0n) is 14.2. The predicted octanol–water partition coefficient (Wildman–Crippen LogP) is 2.65. The van der Waals surface area contributed by atoms with Gasteiger partial charge in [0.25, 0.3) is 0 Å². The van der Waals surface area contributed by atoms with Crippen molar-refractivity contribution in [2.45, 2.75) is 32.6 Å². The zero-order chi connectivity index (χ0) is 16.9. The fourth-order valence-electron chi connectivity index (χ4n) is 2.68. The van der Waals surface area contributed by atoms with Gasteiger partial charge in [-0.15, -0.1) is 0 Å². The van der Waals surface area contributed by atoms with E-state index in [1.165, 1.54) is 5.56 Å². The number of rotatable bonds is 5. The second-order valence-electron chi connectivity index (χ2n) is 6.28. The van der Waals surface area contributed by atoms with Crippen molar-refractivity contribution in [3.63, 3.8) is 0 Å². The Bertz CT molecular complexity index is 673. The number of hydrogen-bond acceptors (Lipinski definition) is 5. The molecule has 1 aliphatic heterocycles. The van der Waals surface area contributed by atoms with E-state index in [-0.39, 0.29) is 5.91 Å². The minimum absolute atomic E-state index is 0.110. The lowest BCUT2D eigenvalue weighted by Crippen LogP contribution is -2.40. The quantitative estimate of drug-likeness (QED) is 0.843. The number of amides is 1. The number of benzene rings is 1. The van der Waals surface area contributed by atoms with Crippen molar-refractivity contribution in [3.8, 4) is 11.4 Å². The summed E-state index contributed by atoms with van der Waals surface area (Å²) in [5, 5.41) is 4.02. The van der Waals surface area contributed by atoms with Crippen LogP contribution in [-0.4, -0.2) is 47.3 Å². The standard InChI is InChI=1S/C18H23N3O3/c1-13(2)14-3-5-15(6-4-14)18-19-16(24-20-18)7-8-17(22)21-9-11-23-12-10-21/h3-6,13H,7-12H2,1-2H3. The first kappa shape index (κ1) is 16.6. The average Bonchev–Trinajstić information content (AvgIpc) is 3.09. The molecule has 24 heavy (non-hydrogen) atoms. The average molecular weight is 329 g/mol. The Balaban J connectivity index is 1.58. The van der Waals surface area contributed by atoms with Crippen LogP contribution < -0.4 is 0 Å². The van der Waals surface area contributed by atoms with Crippen molar-refractivity contribution in [1.82, 2.24) is 15.0 Å². The topological polar surface area (TPSA) is 68.5 Å². The molecule has 0 atom stereocenters. The van der Waals surface area contributed by atoms with Crippen LogP contribution in [0.3, 0.4) is 0 Å². The zero-order valence-corrected chi connectivity index (χ0v) is 14.2. The highest BCUT2D eigenvalue weighted by Crippen LogP contribution is 2.20. The molecule has 1 aromatic carbocycles. The van der Waals surface area contributed by atoms with Gasteiger partial charge in [-0.05, 0) is 11.5 Å². The third-order valence-corrected chi connectivity index (χ3v) is 4.22. The molecule has 0 aliphatic carbocycles. The Kier molecular flexibility index (Phi) is 5.25. The molecule has 0 unspecified atom stereocenters. The van der Waals surface area contributed by atoms with Gasteiger partial charge in [-0.1, -0.05) is 43.3 Å². The van der Waals surface area contributed by atoms with Crippen LogP contribution in [0.2, 0.25) is 0 Å². The predicted molar refractivity (Wildman–Crippen MR) is 89.5 cm³/mol. The van der Waals surface area contributed by atoms with Crippen molar-refractivity contribution in [1.29, 1.82) is 0 Å². The van der Waals surface area contributed by atoms with E-state index in [4.69, 9.17) is 9.26 Å². The van der Waals surface area contributed by atoms with Crippen LogP contribution in [0.15, 0.2) is 28.8 Å². The first-order valence-corrected chi connectivity index (χ1v) is 8.42. The van der Waals surface area contributed by atoms with Gasteiger partial charge in [0.15, 0.2) is 0 Å². The van der Waals surface area contributed by atoms with Gasteiger partial charge in [-0.3, -0.25) is 4.79 Å². The normalized spacial score (nSPS) is 15.0. The Morgan fingerprint density at radius 1 is 1.21 bits per heavy atom. The molecule has 0 radical (unpaired) electrons. The molecule has 6 nitrogen and oxygen atoms in total. The summed E-state index contributed by atoms with van der Waals surface area (Å²) >= 11 is 0. The van der Waals surface area contributed by atoms with Crippen LogP contribution in [0.25, 0.3) is 11.4 Å². The molecule has 1 fully saturated rings. The molecule has 0 saturated carbocycles. The highest BCUT2D eigenvalue weighted by Gasteiger charge is 2.18. The summed E-state index contributed by atoms with van der Waals surface area (Å²) in [4.78, 5) is 18.4. The van der Waals surface area contributed by atoms with E-state index in [2.05, 4.69) is 36.1 Å². The number of carbonyl (C=O) groups excluding carboxylic acids is 1. The number of aromatic nitrogens is 2. The minimum Gasteiger partial charge on any atom is -0.378 e. The van der Waals surface area contributed by atoms with Gasteiger partial charge in [-0.25, -0.2) is 0 Å². The summed E-state index contributed by atoms with van der Waals surface area (Å²) in [6.45, 7) is 6.87. The molecular weight excluding hydrogens is 306 g/mol. The fourth-order valence-corrected chi connectivity index (χ4v) is 2.68. The van der Waals surface area contributed by atoms with Crippen LogP contribution in [-0.2, 0) is 16.0 Å². The third-order valence-electron chi connectivity index (χ3n) is 4.22. The Labute approximate surface area is 141 Å². The molecule has 2 heterocycles. The summed E-state index contributed by atoms with van der Waals surface area (Å²) in [5.41, 5.74) is 2.20. The molecule has 1 saturated heterocycles. The van der Waals surface area contributed by atoms with Gasteiger partial charge in [0.1, 0.15) is 0 Å². The van der Waals surface area contributed by atoms with E-state index >= 15 is 0 Å². The van der Waals surface area contributed by atoms with Gasteiger partial charge in [-0.2, -0.15) is 4.98 Å². The smallest absolute Gasteiger partial charge is 0.227 e. The number of carbonyl (C=O) groups is 1. The number of morpholine rings is 1. The summed E-state index contributed by atoms with van der Waals surface area (Å²) in [6, 6.07) is 8.17. The summed E-state index contributed by atoms with van der Waals surface area (Å²) < 4.78 is 10.5. The van der Waals surface area contributed by atoms with E-state index in [9.17, 15) is 4.79 Å². The molecule has 1 amide bonds. The molecule has 1 aliphatic rings. The fraction of sp³-hybridized carbons (Fsp3) is 0.500. The molecule has 0 N–H and O–H groups in total. The van der Waals surface area contributed by atoms with Gasteiger partial charge in [0, 0.05) is 31.5 Å². The highest BCUT2D eigenvalue weighted by molar-refractivity contribution is 5.76. The molecule has 0 spiro atoms. The first-order chi connectivity index (χ1) is 11.6. The SMILES string of the molecule is CC(C)c1ccc(-c2noc(CCC(=O)N3CCOCC3)n2)cc1. The van der Waals surface area contributed by atoms with Crippen molar-refractivity contribution in [2.24, 2.45) is 0 Å². The lowest BCUT2D eigenvalue weighted by Gasteiger charge is -2.26. The molecular formula is C18H23N3O3. The van der Waals surface area contributed by atoms with Gasteiger partial charge in [0.05, 0.1) is 13.2 Å². The van der Waals surface area contributed by atoms with Gasteiger partial charge >= 0.3 is 0 Å². The molecule has 128 valence electrons. The van der Waals surface area contributed by atoms with Crippen LogP contribution in [0.4, 0.5) is 0 Å². The van der Waals surface area contributed by atoms with E-state index in [1.807, 2.05) is 17.0 Å². The van der Waals surface area contributed by atoms with Crippen molar-refractivity contribution in [2.75, 3.05) is 26.3 Å². The van der Waals surface area contributed by atoms with E-state index < -0.39 is 0 Å². The molecule has 0 bridgehead atoms. The third kappa shape index (κ3) is 4.00. The Morgan fingerprint density at radius 3 is 2.58 bits per heavy atom. The number of ether oxygens (including phenoxy) is 1. The van der Waals surface area contributed by atoms with Crippen LogP contribution in [0.1, 0.15) is 37.6 Å². The number of nitrogens with zero attached hydrogens (tertiary/aromatic N) is 3. The number of hydrogen-bond donors (Lipinski definition) is 0. The summed E-state index contributed by atoms with van der Waals surface area (Å²) in [7, 11) is 0. The first-order valence-electron chi connectivity index (χ1n) is 8.42. The van der Waals surface area contributed by atoms with Crippen LogP contribution in [0, 0.1) is 0 Å². The molecule has 2 aromatic rings. The largest absolute Gasteiger partial charge is 0.378 e. The van der Waals surface area contributed by atoms with Crippen molar-refractivity contribution < 1.29 is 14.1 Å². The Morgan fingerprint density at radius 2 is 1.92 bits per heavy atom. The van der Waals surface area contributed by atoms with Crippen molar-refractivity contribution >= 4 is 5.91 Å². The monoisotopic (exact) mass is 329 g/mol. The van der Waals surface area contributed by atoms with Crippen molar-refractivity contribution in [3.05, 3.63) is 35.7 Å². The van der Waals surface area contributed by atoms with Crippen LogP contribution in [0.5, 0.6) is 0 Å².